The Morgan fingerprint density at radius 1 is 1.33 bits per heavy atom. The molecule has 2 N–H and O–H groups in total. The van der Waals surface area contributed by atoms with Crippen molar-refractivity contribution in [1.29, 1.82) is 0 Å². The SMILES string of the molecule is Cc1ccc([C@@H](NC(=O)CN[C@H](C)Cn2cccn2)C2CC2)cc1. The van der Waals surface area contributed by atoms with Crippen LogP contribution in [0.1, 0.15) is 36.9 Å². The Labute approximate surface area is 143 Å². The Balaban J connectivity index is 1.49. The predicted molar refractivity (Wildman–Crippen MR) is 94.5 cm³/mol. The van der Waals surface area contributed by atoms with Crippen molar-refractivity contribution in [1.82, 2.24) is 20.4 Å². The molecule has 1 saturated carbocycles. The Morgan fingerprint density at radius 3 is 2.71 bits per heavy atom. The van der Waals surface area contributed by atoms with E-state index in [0.717, 1.165) is 6.54 Å². The molecule has 0 radical (unpaired) electrons. The van der Waals surface area contributed by atoms with E-state index in [2.05, 4.69) is 53.8 Å². The van der Waals surface area contributed by atoms with Crippen LogP contribution in [0.15, 0.2) is 42.7 Å². The Bertz CT molecular complexity index is 647. The van der Waals surface area contributed by atoms with E-state index in [1.807, 2.05) is 16.9 Å². The van der Waals surface area contributed by atoms with Crippen LogP contribution in [-0.2, 0) is 11.3 Å². The molecule has 1 heterocycles. The van der Waals surface area contributed by atoms with Gasteiger partial charge in [0.2, 0.25) is 5.91 Å². The van der Waals surface area contributed by atoms with E-state index in [0.29, 0.717) is 12.5 Å². The monoisotopic (exact) mass is 326 g/mol. The summed E-state index contributed by atoms with van der Waals surface area (Å²) in [5.74, 6) is 0.637. The molecule has 1 aromatic heterocycles. The molecule has 0 spiro atoms. The average Bonchev–Trinajstić information content (AvgIpc) is 3.29. The van der Waals surface area contributed by atoms with Crippen LogP contribution >= 0.6 is 0 Å². The lowest BCUT2D eigenvalue weighted by molar-refractivity contribution is -0.121. The zero-order valence-electron chi connectivity index (χ0n) is 14.4. The highest BCUT2D eigenvalue weighted by molar-refractivity contribution is 5.78. The third kappa shape index (κ3) is 4.68. The van der Waals surface area contributed by atoms with Crippen LogP contribution in [0.5, 0.6) is 0 Å². The fourth-order valence-corrected chi connectivity index (χ4v) is 2.92. The largest absolute Gasteiger partial charge is 0.348 e. The van der Waals surface area contributed by atoms with Crippen molar-refractivity contribution in [2.24, 2.45) is 5.92 Å². The van der Waals surface area contributed by atoms with Crippen molar-refractivity contribution in [3.63, 3.8) is 0 Å². The maximum Gasteiger partial charge on any atom is 0.234 e. The molecule has 5 heteroatoms. The Kier molecular flexibility index (Phi) is 5.30. The van der Waals surface area contributed by atoms with Crippen molar-refractivity contribution in [3.05, 3.63) is 53.9 Å². The van der Waals surface area contributed by atoms with Crippen LogP contribution < -0.4 is 10.6 Å². The van der Waals surface area contributed by atoms with Gasteiger partial charge >= 0.3 is 0 Å². The molecule has 3 rings (SSSR count). The lowest BCUT2D eigenvalue weighted by atomic mass is 10.0. The molecule has 2 atom stereocenters. The fraction of sp³-hybridized carbons (Fsp3) is 0.474. The van der Waals surface area contributed by atoms with Crippen LogP contribution in [0.25, 0.3) is 0 Å². The summed E-state index contributed by atoms with van der Waals surface area (Å²) in [6.07, 6.45) is 6.09. The topological polar surface area (TPSA) is 59.0 Å². The normalized spacial score (nSPS) is 16.6. The van der Waals surface area contributed by atoms with Crippen LogP contribution in [0, 0.1) is 12.8 Å². The number of hydrogen-bond donors (Lipinski definition) is 2. The highest BCUT2D eigenvalue weighted by atomic mass is 16.2. The number of nitrogens with zero attached hydrogens (tertiary/aromatic N) is 2. The van der Waals surface area contributed by atoms with Gasteiger partial charge in [-0.1, -0.05) is 29.8 Å². The summed E-state index contributed by atoms with van der Waals surface area (Å²) < 4.78 is 1.87. The number of benzene rings is 1. The van der Waals surface area contributed by atoms with Crippen molar-refractivity contribution in [3.8, 4) is 0 Å². The molecule has 0 saturated heterocycles. The first-order chi connectivity index (χ1) is 11.6. The number of hydrogen-bond acceptors (Lipinski definition) is 3. The number of amides is 1. The minimum absolute atomic E-state index is 0.0554. The molecular formula is C19H26N4O. The van der Waals surface area contributed by atoms with E-state index in [9.17, 15) is 4.79 Å². The van der Waals surface area contributed by atoms with Gasteiger partial charge in [-0.3, -0.25) is 9.48 Å². The van der Waals surface area contributed by atoms with Gasteiger partial charge in [0.05, 0.1) is 19.1 Å². The van der Waals surface area contributed by atoms with E-state index in [1.165, 1.54) is 24.0 Å². The number of aryl methyl sites for hydroxylation is 1. The second-order valence-electron chi connectivity index (χ2n) is 6.80. The lowest BCUT2D eigenvalue weighted by Gasteiger charge is -2.20. The van der Waals surface area contributed by atoms with Gasteiger partial charge in [-0.15, -0.1) is 0 Å². The van der Waals surface area contributed by atoms with Gasteiger partial charge in [0.1, 0.15) is 0 Å². The number of aromatic nitrogens is 2. The number of carbonyl (C=O) groups is 1. The summed E-state index contributed by atoms with van der Waals surface area (Å²) in [6, 6.07) is 10.7. The number of nitrogens with one attached hydrogen (secondary N) is 2. The Hall–Kier alpha value is -2.14. The maximum absolute atomic E-state index is 12.3. The molecule has 1 aliphatic rings. The fourth-order valence-electron chi connectivity index (χ4n) is 2.92. The van der Waals surface area contributed by atoms with Crippen LogP contribution in [-0.4, -0.2) is 28.3 Å². The lowest BCUT2D eigenvalue weighted by Crippen LogP contribution is -2.41. The van der Waals surface area contributed by atoms with Crippen molar-refractivity contribution >= 4 is 5.91 Å². The van der Waals surface area contributed by atoms with E-state index >= 15 is 0 Å². The minimum atomic E-state index is 0.0554. The molecular weight excluding hydrogens is 300 g/mol. The van der Waals surface area contributed by atoms with Gasteiger partial charge in [-0.2, -0.15) is 5.10 Å². The molecule has 1 aliphatic carbocycles. The van der Waals surface area contributed by atoms with Crippen molar-refractivity contribution in [2.45, 2.75) is 45.3 Å². The van der Waals surface area contributed by atoms with Crippen LogP contribution in [0.4, 0.5) is 0 Å². The second kappa shape index (κ2) is 7.62. The highest BCUT2D eigenvalue weighted by Gasteiger charge is 2.33. The standard InChI is InChI=1S/C19H26N4O/c1-14-4-6-16(7-5-14)19(17-8-9-17)22-18(24)12-20-15(2)13-23-11-3-10-21-23/h3-7,10-11,15,17,19-20H,8-9,12-13H2,1-2H3,(H,22,24)/t15-,19-/m1/s1. The van der Waals surface area contributed by atoms with Gasteiger partial charge in [0, 0.05) is 18.4 Å². The van der Waals surface area contributed by atoms with E-state index < -0.39 is 0 Å². The molecule has 0 bridgehead atoms. The summed E-state index contributed by atoms with van der Waals surface area (Å²) in [4.78, 5) is 12.3. The summed E-state index contributed by atoms with van der Waals surface area (Å²) in [5, 5.41) is 10.7. The van der Waals surface area contributed by atoms with Gasteiger partial charge in [0.15, 0.2) is 0 Å². The van der Waals surface area contributed by atoms with Crippen LogP contribution in [0.3, 0.4) is 0 Å². The molecule has 1 fully saturated rings. The quantitative estimate of drug-likeness (QED) is 0.783. The summed E-state index contributed by atoms with van der Waals surface area (Å²) in [7, 11) is 0. The summed E-state index contributed by atoms with van der Waals surface area (Å²) in [5.41, 5.74) is 2.45. The molecule has 128 valence electrons. The molecule has 0 unspecified atom stereocenters. The highest BCUT2D eigenvalue weighted by Crippen LogP contribution is 2.40. The zero-order valence-corrected chi connectivity index (χ0v) is 14.4. The van der Waals surface area contributed by atoms with E-state index in [1.54, 1.807) is 6.20 Å². The Morgan fingerprint density at radius 2 is 2.08 bits per heavy atom. The van der Waals surface area contributed by atoms with Crippen molar-refractivity contribution < 1.29 is 4.79 Å². The molecule has 1 amide bonds. The second-order valence-corrected chi connectivity index (χ2v) is 6.80. The third-order valence-corrected chi connectivity index (χ3v) is 4.48. The molecule has 2 aromatic rings. The summed E-state index contributed by atoms with van der Waals surface area (Å²) >= 11 is 0. The number of carbonyl (C=O) groups excluding carboxylic acids is 1. The third-order valence-electron chi connectivity index (χ3n) is 4.48. The molecule has 1 aromatic carbocycles. The van der Waals surface area contributed by atoms with Crippen molar-refractivity contribution in [2.75, 3.05) is 6.54 Å². The predicted octanol–water partition coefficient (Wildman–Crippen LogP) is 2.44. The minimum Gasteiger partial charge on any atom is -0.348 e. The molecule has 5 nitrogen and oxygen atoms in total. The smallest absolute Gasteiger partial charge is 0.234 e. The van der Waals surface area contributed by atoms with Gasteiger partial charge in [-0.05, 0) is 44.2 Å². The summed E-state index contributed by atoms with van der Waals surface area (Å²) in [6.45, 7) is 5.23. The molecule has 24 heavy (non-hydrogen) atoms. The average molecular weight is 326 g/mol. The van der Waals surface area contributed by atoms with Gasteiger partial charge in [0.25, 0.3) is 0 Å². The number of rotatable bonds is 8. The van der Waals surface area contributed by atoms with Gasteiger partial charge < -0.3 is 10.6 Å². The first kappa shape index (κ1) is 16.7. The zero-order chi connectivity index (χ0) is 16.9. The maximum atomic E-state index is 12.3. The van der Waals surface area contributed by atoms with E-state index in [-0.39, 0.29) is 18.0 Å². The van der Waals surface area contributed by atoms with E-state index in [4.69, 9.17) is 0 Å². The molecule has 0 aliphatic heterocycles. The first-order valence-electron chi connectivity index (χ1n) is 8.68. The van der Waals surface area contributed by atoms with Crippen LogP contribution in [0.2, 0.25) is 0 Å². The van der Waals surface area contributed by atoms with Gasteiger partial charge in [-0.25, -0.2) is 0 Å². The first-order valence-corrected chi connectivity index (χ1v) is 8.68.